The Kier molecular flexibility index (Phi) is 4.93. The highest BCUT2D eigenvalue weighted by atomic mass is 16.7. The van der Waals surface area contributed by atoms with E-state index < -0.39 is 0 Å². The molecule has 6 heteroatoms. The van der Waals surface area contributed by atoms with E-state index in [1.54, 1.807) is 0 Å². The minimum Gasteiger partial charge on any atom is -0.399 e. The molecule has 5 nitrogen and oxygen atoms in total. The monoisotopic (exact) mass is 481 g/mol. The van der Waals surface area contributed by atoms with Crippen LogP contribution >= 0.6 is 0 Å². The molecule has 3 heterocycles. The van der Waals surface area contributed by atoms with Crippen LogP contribution in [-0.2, 0) is 22.2 Å². The minimum absolute atomic E-state index is 0.312. The quantitative estimate of drug-likeness (QED) is 0.516. The van der Waals surface area contributed by atoms with Crippen molar-refractivity contribution >= 4 is 12.6 Å². The van der Waals surface area contributed by atoms with Crippen molar-refractivity contribution in [3.8, 4) is 22.4 Å². The first kappa shape index (κ1) is 22.8. The molecule has 3 aromatic rings. The molecule has 186 valence electrons. The van der Waals surface area contributed by atoms with E-state index in [0.29, 0.717) is 6.04 Å². The number of hydrogen-bond acceptors (Lipinski definition) is 4. The van der Waals surface area contributed by atoms with Gasteiger partial charge in [0.15, 0.2) is 0 Å². The van der Waals surface area contributed by atoms with Gasteiger partial charge in [-0.3, -0.25) is 4.90 Å². The molecule has 36 heavy (non-hydrogen) atoms. The average Bonchev–Trinajstić information content (AvgIpc) is 3.62. The first-order valence-electron chi connectivity index (χ1n) is 13.6. The fraction of sp³-hybridized carbons (Fsp3) is 0.500. The SMILES string of the molecule is CN1C2CCC(C2)[C@H]1c1ncc(-c2ccc3c(c2)CCc2cc(B4OC(C)(C)C(C)(C)O4)ccc2-3)[nH]1. The van der Waals surface area contributed by atoms with Gasteiger partial charge in [0.1, 0.15) is 5.82 Å². The lowest BCUT2D eigenvalue weighted by atomic mass is 9.75. The summed E-state index contributed by atoms with van der Waals surface area (Å²) >= 11 is 0. The van der Waals surface area contributed by atoms with Crippen molar-refractivity contribution in [2.24, 2.45) is 5.92 Å². The average molecular weight is 481 g/mol. The van der Waals surface area contributed by atoms with E-state index in [0.717, 1.165) is 41.8 Å². The maximum atomic E-state index is 6.30. The second kappa shape index (κ2) is 7.80. The largest absolute Gasteiger partial charge is 0.494 e. The number of imidazole rings is 1. The van der Waals surface area contributed by atoms with Crippen molar-refractivity contribution in [3.05, 3.63) is 59.5 Å². The van der Waals surface area contributed by atoms with Crippen molar-refractivity contribution in [1.82, 2.24) is 14.9 Å². The molecule has 2 bridgehead atoms. The van der Waals surface area contributed by atoms with E-state index in [4.69, 9.17) is 14.3 Å². The summed E-state index contributed by atoms with van der Waals surface area (Å²) in [5, 5.41) is 0. The van der Waals surface area contributed by atoms with Gasteiger partial charge in [0.05, 0.1) is 29.1 Å². The molecule has 1 aromatic heterocycles. The molecule has 3 atom stereocenters. The number of aromatic nitrogens is 2. The van der Waals surface area contributed by atoms with Gasteiger partial charge in [0.2, 0.25) is 0 Å². The smallest absolute Gasteiger partial charge is 0.399 e. The summed E-state index contributed by atoms with van der Waals surface area (Å²) in [6.07, 6.45) is 8.11. The van der Waals surface area contributed by atoms with E-state index >= 15 is 0 Å². The Morgan fingerprint density at radius 2 is 1.64 bits per heavy atom. The van der Waals surface area contributed by atoms with Gasteiger partial charge in [0, 0.05) is 6.04 Å². The Labute approximate surface area is 214 Å². The maximum absolute atomic E-state index is 6.30. The molecule has 1 saturated carbocycles. The number of fused-ring (bicyclic) bond motifs is 5. The summed E-state index contributed by atoms with van der Waals surface area (Å²) in [6.45, 7) is 8.44. The molecule has 2 saturated heterocycles. The third-order valence-corrected chi connectivity index (χ3v) is 9.81. The van der Waals surface area contributed by atoms with Crippen LogP contribution in [0.4, 0.5) is 0 Å². The zero-order chi connectivity index (χ0) is 24.8. The molecular weight excluding hydrogens is 445 g/mol. The fourth-order valence-corrected chi connectivity index (χ4v) is 6.97. The van der Waals surface area contributed by atoms with Crippen molar-refractivity contribution in [2.45, 2.75) is 83.1 Å². The normalized spacial score (nSPS) is 27.9. The summed E-state index contributed by atoms with van der Waals surface area (Å²) in [6, 6.07) is 14.8. The topological polar surface area (TPSA) is 50.4 Å². The van der Waals surface area contributed by atoms with E-state index in [1.807, 2.05) is 6.20 Å². The molecule has 2 aliphatic heterocycles. The molecule has 2 unspecified atom stereocenters. The van der Waals surface area contributed by atoms with Crippen molar-refractivity contribution in [3.63, 3.8) is 0 Å². The molecule has 3 fully saturated rings. The Bertz CT molecular complexity index is 1330. The number of aromatic amines is 1. The second-order valence-electron chi connectivity index (χ2n) is 12.4. The van der Waals surface area contributed by atoms with Gasteiger partial charge >= 0.3 is 7.12 Å². The zero-order valence-corrected chi connectivity index (χ0v) is 22.1. The van der Waals surface area contributed by atoms with E-state index in [1.165, 1.54) is 47.1 Å². The van der Waals surface area contributed by atoms with E-state index in [-0.39, 0.29) is 18.3 Å². The molecule has 1 N–H and O–H groups in total. The van der Waals surface area contributed by atoms with Crippen LogP contribution in [-0.4, -0.2) is 46.3 Å². The minimum atomic E-state index is -0.324. The molecule has 0 spiro atoms. The van der Waals surface area contributed by atoms with Crippen LogP contribution < -0.4 is 5.46 Å². The Hall–Kier alpha value is -2.41. The lowest BCUT2D eigenvalue weighted by Gasteiger charge is -2.32. The molecule has 2 aromatic carbocycles. The van der Waals surface area contributed by atoms with Gasteiger partial charge in [-0.15, -0.1) is 0 Å². The van der Waals surface area contributed by atoms with Crippen LogP contribution in [0.1, 0.15) is 70.0 Å². The number of nitrogens with zero attached hydrogens (tertiary/aromatic N) is 2. The summed E-state index contributed by atoms with van der Waals surface area (Å²) in [5.41, 5.74) is 8.29. The summed E-state index contributed by atoms with van der Waals surface area (Å²) in [7, 11) is 1.96. The zero-order valence-electron chi connectivity index (χ0n) is 22.1. The number of rotatable bonds is 3. The van der Waals surface area contributed by atoms with Gasteiger partial charge in [-0.1, -0.05) is 30.3 Å². The molecule has 0 amide bonds. The number of benzene rings is 2. The highest BCUT2D eigenvalue weighted by molar-refractivity contribution is 6.62. The molecular formula is C30H36BN3O2. The molecule has 2 aliphatic carbocycles. The van der Waals surface area contributed by atoms with Gasteiger partial charge in [-0.25, -0.2) is 4.98 Å². The van der Waals surface area contributed by atoms with Gasteiger partial charge in [-0.2, -0.15) is 0 Å². The van der Waals surface area contributed by atoms with Crippen molar-refractivity contribution in [1.29, 1.82) is 0 Å². The number of H-pyrrole nitrogens is 1. The van der Waals surface area contributed by atoms with Crippen LogP contribution in [0.3, 0.4) is 0 Å². The lowest BCUT2D eigenvalue weighted by molar-refractivity contribution is 0.00578. The van der Waals surface area contributed by atoms with Crippen molar-refractivity contribution < 1.29 is 9.31 Å². The third-order valence-electron chi connectivity index (χ3n) is 9.81. The predicted molar refractivity (Wildman–Crippen MR) is 144 cm³/mol. The van der Waals surface area contributed by atoms with Crippen LogP contribution in [0.25, 0.3) is 22.4 Å². The highest BCUT2D eigenvalue weighted by Crippen LogP contribution is 2.48. The van der Waals surface area contributed by atoms with Gasteiger partial charge in [0.25, 0.3) is 0 Å². The van der Waals surface area contributed by atoms with Crippen LogP contribution in [0.15, 0.2) is 42.6 Å². The number of hydrogen-bond donors (Lipinski definition) is 1. The van der Waals surface area contributed by atoms with E-state index in [9.17, 15) is 0 Å². The second-order valence-corrected chi connectivity index (χ2v) is 12.4. The van der Waals surface area contributed by atoms with Crippen molar-refractivity contribution in [2.75, 3.05) is 7.05 Å². The lowest BCUT2D eigenvalue weighted by Crippen LogP contribution is -2.41. The summed E-state index contributed by atoms with van der Waals surface area (Å²) in [5.74, 6) is 1.89. The van der Waals surface area contributed by atoms with E-state index in [2.05, 4.69) is 81.0 Å². The number of nitrogens with one attached hydrogen (secondary N) is 1. The Morgan fingerprint density at radius 3 is 2.33 bits per heavy atom. The standard InChI is InChI=1S/C30H36BN3O2/c1-29(2)30(3,4)36-31(35-29)22-10-13-25-19(15-22)7-6-18-14-20(9-12-24(18)25)26-17-32-28(33-26)27-21-8-11-23(16-21)34(27)5/h9-10,12-15,17,21,23,27H,6-8,11,16H2,1-5H3,(H,32,33)/t21?,23?,27-/m0/s1. The first-order valence-corrected chi connectivity index (χ1v) is 13.6. The first-order chi connectivity index (χ1) is 17.2. The molecule has 4 aliphatic rings. The third kappa shape index (κ3) is 3.38. The number of likely N-dealkylation sites (tertiary alicyclic amines) is 1. The number of piperidine rings is 1. The van der Waals surface area contributed by atoms with Crippen LogP contribution in [0, 0.1) is 5.92 Å². The van der Waals surface area contributed by atoms with Crippen LogP contribution in [0.2, 0.25) is 0 Å². The van der Waals surface area contributed by atoms with Crippen LogP contribution in [0.5, 0.6) is 0 Å². The molecule has 7 rings (SSSR count). The number of aryl methyl sites for hydroxylation is 2. The van der Waals surface area contributed by atoms with Gasteiger partial charge < -0.3 is 14.3 Å². The van der Waals surface area contributed by atoms with Gasteiger partial charge in [-0.05, 0) is 112 Å². The fourth-order valence-electron chi connectivity index (χ4n) is 6.97. The Balaban J connectivity index is 1.15. The summed E-state index contributed by atoms with van der Waals surface area (Å²) < 4.78 is 12.6. The maximum Gasteiger partial charge on any atom is 0.494 e. The molecule has 0 radical (unpaired) electrons. The summed E-state index contributed by atoms with van der Waals surface area (Å²) in [4.78, 5) is 11.1. The Morgan fingerprint density at radius 1 is 0.944 bits per heavy atom. The highest BCUT2D eigenvalue weighted by Gasteiger charge is 2.52. The predicted octanol–water partition coefficient (Wildman–Crippen LogP) is 5.30.